The van der Waals surface area contributed by atoms with E-state index in [2.05, 4.69) is 15.5 Å². The van der Waals surface area contributed by atoms with Crippen molar-refractivity contribution in [1.82, 2.24) is 15.5 Å². The summed E-state index contributed by atoms with van der Waals surface area (Å²) in [5.74, 6) is 1.12. The number of benzene rings is 3. The normalized spacial score (nSPS) is 10.6. The summed E-state index contributed by atoms with van der Waals surface area (Å²) in [6, 6.07) is 22.6. The molecule has 0 radical (unpaired) electrons. The number of hydrogen-bond donors (Lipinski definition) is 1. The smallest absolute Gasteiger partial charge is 0.254 e. The predicted molar refractivity (Wildman–Crippen MR) is 116 cm³/mol. The van der Waals surface area contributed by atoms with Crippen molar-refractivity contribution in [3.63, 3.8) is 0 Å². The average Bonchev–Trinajstić information content (AvgIpc) is 2.82. The summed E-state index contributed by atoms with van der Waals surface area (Å²) in [4.78, 5) is 13.3. The van der Waals surface area contributed by atoms with Gasteiger partial charge in [0, 0.05) is 29.1 Å². The van der Waals surface area contributed by atoms with Crippen LogP contribution in [-0.4, -0.2) is 30.3 Å². The Kier molecular flexibility index (Phi) is 5.57. The molecule has 1 amide bonds. The molecule has 150 valence electrons. The molecule has 6 heteroatoms. The summed E-state index contributed by atoms with van der Waals surface area (Å²) < 4.78 is 10.7. The molecule has 0 bridgehead atoms. The van der Waals surface area contributed by atoms with Gasteiger partial charge in [0.2, 0.25) is 0 Å². The van der Waals surface area contributed by atoms with Crippen LogP contribution in [0.2, 0.25) is 0 Å². The zero-order valence-electron chi connectivity index (χ0n) is 16.8. The Bertz CT molecular complexity index is 1190. The number of nitrogens with one attached hydrogen (secondary N) is 1. The molecule has 1 N–H and O–H groups in total. The van der Waals surface area contributed by atoms with E-state index in [1.165, 1.54) is 0 Å². The highest BCUT2D eigenvalue weighted by Crippen LogP contribution is 2.28. The maximum Gasteiger partial charge on any atom is 0.254 e. The molecule has 1 aromatic heterocycles. The molecule has 4 rings (SSSR count). The first kappa shape index (κ1) is 19.4. The number of carbonyl (C=O) groups is 1. The third-order valence-electron chi connectivity index (χ3n) is 4.88. The van der Waals surface area contributed by atoms with Gasteiger partial charge < -0.3 is 14.8 Å². The number of amides is 1. The molecule has 0 fully saturated rings. The Morgan fingerprint density at radius 3 is 2.43 bits per heavy atom. The molecule has 6 nitrogen and oxygen atoms in total. The van der Waals surface area contributed by atoms with E-state index in [9.17, 15) is 4.79 Å². The van der Waals surface area contributed by atoms with E-state index in [1.54, 1.807) is 20.3 Å². The van der Waals surface area contributed by atoms with E-state index in [0.29, 0.717) is 34.8 Å². The molecule has 0 saturated heterocycles. The van der Waals surface area contributed by atoms with E-state index in [0.717, 1.165) is 16.5 Å². The fourth-order valence-corrected chi connectivity index (χ4v) is 3.34. The van der Waals surface area contributed by atoms with Gasteiger partial charge in [-0.1, -0.05) is 48.5 Å². The molecule has 0 unspecified atom stereocenters. The summed E-state index contributed by atoms with van der Waals surface area (Å²) >= 11 is 0. The van der Waals surface area contributed by atoms with E-state index >= 15 is 0 Å². The largest absolute Gasteiger partial charge is 0.497 e. The maximum absolute atomic E-state index is 13.3. The molecule has 0 spiro atoms. The lowest BCUT2D eigenvalue weighted by molar-refractivity contribution is 0.0952. The SMILES string of the molecule is COc1ccc(CNC(=O)c2c(-c3ccccc3)nnc3ccccc23)c(OC)c1. The summed E-state index contributed by atoms with van der Waals surface area (Å²) in [5, 5.41) is 12.4. The molecule has 0 aliphatic rings. The van der Waals surface area contributed by atoms with Gasteiger partial charge in [0.25, 0.3) is 5.91 Å². The van der Waals surface area contributed by atoms with Crippen LogP contribution in [0.5, 0.6) is 11.5 Å². The minimum Gasteiger partial charge on any atom is -0.497 e. The van der Waals surface area contributed by atoms with Crippen molar-refractivity contribution in [3.05, 3.63) is 83.9 Å². The molecule has 0 aliphatic heterocycles. The van der Waals surface area contributed by atoms with Crippen LogP contribution in [-0.2, 0) is 6.54 Å². The molecule has 0 aliphatic carbocycles. The Morgan fingerprint density at radius 1 is 0.900 bits per heavy atom. The lowest BCUT2D eigenvalue weighted by atomic mass is 10.0. The van der Waals surface area contributed by atoms with Gasteiger partial charge in [0.05, 0.1) is 25.3 Å². The van der Waals surface area contributed by atoms with Crippen molar-refractivity contribution in [1.29, 1.82) is 0 Å². The Labute approximate surface area is 174 Å². The second-order valence-corrected chi connectivity index (χ2v) is 6.67. The lowest BCUT2D eigenvalue weighted by Crippen LogP contribution is -2.24. The quantitative estimate of drug-likeness (QED) is 0.525. The summed E-state index contributed by atoms with van der Waals surface area (Å²) in [7, 11) is 3.19. The fraction of sp³-hybridized carbons (Fsp3) is 0.125. The van der Waals surface area contributed by atoms with Crippen LogP contribution in [0.4, 0.5) is 0 Å². The zero-order valence-corrected chi connectivity index (χ0v) is 16.8. The lowest BCUT2D eigenvalue weighted by Gasteiger charge is -2.14. The van der Waals surface area contributed by atoms with Gasteiger partial charge in [-0.05, 0) is 18.2 Å². The van der Waals surface area contributed by atoms with Crippen molar-refractivity contribution in [2.75, 3.05) is 14.2 Å². The van der Waals surface area contributed by atoms with Crippen LogP contribution >= 0.6 is 0 Å². The van der Waals surface area contributed by atoms with E-state index in [1.807, 2.05) is 66.7 Å². The number of ether oxygens (including phenoxy) is 2. The van der Waals surface area contributed by atoms with Gasteiger partial charge >= 0.3 is 0 Å². The van der Waals surface area contributed by atoms with Gasteiger partial charge in [-0.3, -0.25) is 4.79 Å². The van der Waals surface area contributed by atoms with Crippen LogP contribution in [0.15, 0.2) is 72.8 Å². The van der Waals surface area contributed by atoms with Crippen LogP contribution in [0, 0.1) is 0 Å². The van der Waals surface area contributed by atoms with Crippen molar-refractivity contribution in [3.8, 4) is 22.8 Å². The highest BCUT2D eigenvalue weighted by Gasteiger charge is 2.19. The summed E-state index contributed by atoms with van der Waals surface area (Å²) in [6.45, 7) is 0.302. The number of nitrogens with zero attached hydrogens (tertiary/aromatic N) is 2. The highest BCUT2D eigenvalue weighted by atomic mass is 16.5. The molecule has 4 aromatic rings. The number of aromatic nitrogens is 2. The summed E-state index contributed by atoms with van der Waals surface area (Å²) in [6.07, 6.45) is 0. The molecule has 3 aromatic carbocycles. The number of carbonyl (C=O) groups excluding carboxylic acids is 1. The fourth-order valence-electron chi connectivity index (χ4n) is 3.34. The van der Waals surface area contributed by atoms with Crippen LogP contribution in [0.1, 0.15) is 15.9 Å². The third-order valence-corrected chi connectivity index (χ3v) is 4.88. The van der Waals surface area contributed by atoms with Gasteiger partial charge in [0.15, 0.2) is 0 Å². The standard InChI is InChI=1S/C24H21N3O3/c1-29-18-13-12-17(21(14-18)30-2)15-25-24(28)22-19-10-6-7-11-20(19)26-27-23(22)16-8-4-3-5-9-16/h3-14H,15H2,1-2H3,(H,25,28). The first-order chi connectivity index (χ1) is 14.7. The van der Waals surface area contributed by atoms with Crippen molar-refractivity contribution in [2.45, 2.75) is 6.54 Å². The molecular formula is C24H21N3O3. The van der Waals surface area contributed by atoms with Gasteiger partial charge in [-0.2, -0.15) is 0 Å². The number of hydrogen-bond acceptors (Lipinski definition) is 5. The molecule has 0 atom stereocenters. The monoisotopic (exact) mass is 399 g/mol. The highest BCUT2D eigenvalue weighted by molar-refractivity contribution is 6.10. The van der Waals surface area contributed by atoms with E-state index < -0.39 is 0 Å². The van der Waals surface area contributed by atoms with Crippen molar-refractivity contribution in [2.24, 2.45) is 0 Å². The maximum atomic E-state index is 13.3. The first-order valence-electron chi connectivity index (χ1n) is 9.51. The Balaban J connectivity index is 1.71. The second kappa shape index (κ2) is 8.61. The van der Waals surface area contributed by atoms with Crippen molar-refractivity contribution < 1.29 is 14.3 Å². The van der Waals surface area contributed by atoms with E-state index in [-0.39, 0.29) is 5.91 Å². The molecule has 0 saturated carbocycles. The minimum atomic E-state index is -0.224. The Hall–Kier alpha value is -3.93. The van der Waals surface area contributed by atoms with E-state index in [4.69, 9.17) is 9.47 Å². The average molecular weight is 399 g/mol. The van der Waals surface area contributed by atoms with Gasteiger partial charge in [-0.15, -0.1) is 10.2 Å². The number of methoxy groups -OCH3 is 2. The second-order valence-electron chi connectivity index (χ2n) is 6.67. The number of fused-ring (bicyclic) bond motifs is 1. The third kappa shape index (κ3) is 3.80. The predicted octanol–water partition coefficient (Wildman–Crippen LogP) is 4.24. The molecular weight excluding hydrogens is 378 g/mol. The van der Waals surface area contributed by atoms with Crippen LogP contribution in [0.3, 0.4) is 0 Å². The van der Waals surface area contributed by atoms with Crippen molar-refractivity contribution >= 4 is 16.8 Å². The van der Waals surface area contributed by atoms with Gasteiger partial charge in [0.1, 0.15) is 17.2 Å². The van der Waals surface area contributed by atoms with Crippen LogP contribution in [0.25, 0.3) is 22.2 Å². The Morgan fingerprint density at radius 2 is 1.67 bits per heavy atom. The first-order valence-corrected chi connectivity index (χ1v) is 9.51. The zero-order chi connectivity index (χ0) is 20.9. The molecule has 30 heavy (non-hydrogen) atoms. The number of rotatable bonds is 6. The summed E-state index contributed by atoms with van der Waals surface area (Å²) in [5.41, 5.74) is 3.40. The minimum absolute atomic E-state index is 0.224. The topological polar surface area (TPSA) is 73.3 Å². The van der Waals surface area contributed by atoms with Crippen LogP contribution < -0.4 is 14.8 Å². The molecule has 1 heterocycles. The van der Waals surface area contributed by atoms with Gasteiger partial charge in [-0.25, -0.2) is 0 Å².